The van der Waals surface area contributed by atoms with E-state index < -0.39 is 12.0 Å². The highest BCUT2D eigenvalue weighted by atomic mass is 35.5. The summed E-state index contributed by atoms with van der Waals surface area (Å²) >= 11 is 6.15. The summed E-state index contributed by atoms with van der Waals surface area (Å²) in [7, 11) is 0. The molecular formula is C27H33ClN4O4. The number of benzene rings is 1. The fourth-order valence-corrected chi connectivity index (χ4v) is 5.20. The van der Waals surface area contributed by atoms with Crippen molar-refractivity contribution in [1.82, 2.24) is 14.8 Å². The summed E-state index contributed by atoms with van der Waals surface area (Å²) < 4.78 is 0. The van der Waals surface area contributed by atoms with Crippen LogP contribution in [0.4, 0.5) is 5.82 Å². The molecule has 2 aliphatic heterocycles. The van der Waals surface area contributed by atoms with Gasteiger partial charge in [0.2, 0.25) is 11.8 Å². The van der Waals surface area contributed by atoms with E-state index in [1.807, 2.05) is 32.9 Å². The molecule has 9 heteroatoms. The smallest absolute Gasteiger partial charge is 0.335 e. The third kappa shape index (κ3) is 5.87. The van der Waals surface area contributed by atoms with Gasteiger partial charge in [-0.25, -0.2) is 9.78 Å². The van der Waals surface area contributed by atoms with Crippen molar-refractivity contribution in [2.45, 2.75) is 71.0 Å². The van der Waals surface area contributed by atoms with E-state index >= 15 is 0 Å². The Kier molecular flexibility index (Phi) is 7.95. The quantitative estimate of drug-likeness (QED) is 0.567. The highest BCUT2D eigenvalue weighted by Crippen LogP contribution is 2.29. The Bertz CT molecular complexity index is 1160. The Morgan fingerprint density at radius 2 is 1.89 bits per heavy atom. The van der Waals surface area contributed by atoms with Crippen LogP contribution in [0.25, 0.3) is 0 Å². The summed E-state index contributed by atoms with van der Waals surface area (Å²) in [5, 5.41) is 13.0. The number of aromatic carboxylic acids is 1. The molecule has 8 nitrogen and oxygen atoms in total. The molecule has 4 rings (SSSR count). The zero-order valence-electron chi connectivity index (χ0n) is 21.0. The van der Waals surface area contributed by atoms with Gasteiger partial charge in [-0.05, 0) is 61.4 Å². The average Bonchev–Trinajstić information content (AvgIpc) is 3.23. The first-order chi connectivity index (χ1) is 17.1. The molecule has 2 amide bonds. The number of hydrogen-bond acceptors (Lipinski definition) is 5. The lowest BCUT2D eigenvalue weighted by Gasteiger charge is -2.39. The molecule has 36 heavy (non-hydrogen) atoms. The van der Waals surface area contributed by atoms with Gasteiger partial charge in [-0.3, -0.25) is 14.5 Å². The molecule has 2 aliphatic rings. The van der Waals surface area contributed by atoms with Crippen molar-refractivity contribution >= 4 is 35.2 Å². The maximum Gasteiger partial charge on any atom is 0.335 e. The van der Waals surface area contributed by atoms with Crippen molar-refractivity contribution in [2.75, 3.05) is 18.4 Å². The number of carbonyl (C=O) groups excluding carboxylic acids is 2. The molecule has 2 saturated heterocycles. The topological polar surface area (TPSA) is 103 Å². The molecule has 1 aromatic carbocycles. The number of pyridine rings is 1. The van der Waals surface area contributed by atoms with Crippen molar-refractivity contribution in [3.8, 4) is 0 Å². The molecule has 2 aromatic rings. The van der Waals surface area contributed by atoms with Gasteiger partial charge in [0.1, 0.15) is 11.9 Å². The fraction of sp³-hybridized carbons (Fsp3) is 0.481. The van der Waals surface area contributed by atoms with Crippen molar-refractivity contribution in [2.24, 2.45) is 0 Å². The number of carbonyl (C=O) groups is 3. The summed E-state index contributed by atoms with van der Waals surface area (Å²) in [5.41, 5.74) is 2.94. The maximum atomic E-state index is 13.2. The van der Waals surface area contributed by atoms with Crippen LogP contribution in [0.3, 0.4) is 0 Å². The van der Waals surface area contributed by atoms with E-state index in [2.05, 4.69) is 21.3 Å². The molecule has 1 aromatic heterocycles. The van der Waals surface area contributed by atoms with Crippen LogP contribution in [0.1, 0.15) is 72.6 Å². The van der Waals surface area contributed by atoms with Crippen LogP contribution in [-0.2, 0) is 16.1 Å². The van der Waals surface area contributed by atoms with Gasteiger partial charge in [0.25, 0.3) is 0 Å². The molecule has 0 spiro atoms. The van der Waals surface area contributed by atoms with Crippen molar-refractivity contribution in [1.29, 1.82) is 0 Å². The lowest BCUT2D eigenvalue weighted by molar-refractivity contribution is -0.136. The van der Waals surface area contributed by atoms with Crippen LogP contribution in [0.5, 0.6) is 0 Å². The Labute approximate surface area is 216 Å². The zero-order valence-corrected chi connectivity index (χ0v) is 21.7. The van der Waals surface area contributed by atoms with Crippen molar-refractivity contribution in [3.63, 3.8) is 0 Å². The number of piperidine rings is 1. The fourth-order valence-electron chi connectivity index (χ4n) is 5.08. The first kappa shape index (κ1) is 26.1. The van der Waals surface area contributed by atoms with E-state index in [1.165, 1.54) is 17.7 Å². The third-order valence-corrected chi connectivity index (χ3v) is 7.50. The minimum Gasteiger partial charge on any atom is -0.478 e. The normalized spacial score (nSPS) is 19.2. The average molecular weight is 513 g/mol. The molecule has 3 heterocycles. The van der Waals surface area contributed by atoms with Crippen LogP contribution >= 0.6 is 11.6 Å². The van der Waals surface area contributed by atoms with Gasteiger partial charge in [0, 0.05) is 42.8 Å². The number of carboxylic acid groups (broad SMARTS) is 1. The number of nitrogens with zero attached hydrogens (tertiary/aromatic N) is 3. The van der Waals surface area contributed by atoms with E-state index in [4.69, 9.17) is 11.6 Å². The number of nitrogens with one attached hydrogen (secondary N) is 1. The second-order valence-electron chi connectivity index (χ2n) is 10.1. The van der Waals surface area contributed by atoms with E-state index in [0.29, 0.717) is 18.5 Å². The van der Waals surface area contributed by atoms with Crippen molar-refractivity contribution < 1.29 is 19.5 Å². The predicted molar refractivity (Wildman–Crippen MR) is 138 cm³/mol. The Morgan fingerprint density at radius 1 is 1.17 bits per heavy atom. The number of anilines is 1. The number of aryl methyl sites for hydroxylation is 1. The number of likely N-dealkylation sites (tertiary alicyclic amines) is 2. The van der Waals surface area contributed by atoms with E-state index in [9.17, 15) is 19.5 Å². The number of aromatic nitrogens is 1. The van der Waals surface area contributed by atoms with Gasteiger partial charge < -0.3 is 15.3 Å². The lowest BCUT2D eigenvalue weighted by atomic mass is 10.0. The van der Waals surface area contributed by atoms with Crippen LogP contribution in [0.15, 0.2) is 30.3 Å². The van der Waals surface area contributed by atoms with Gasteiger partial charge in [0.15, 0.2) is 0 Å². The molecular weight excluding hydrogens is 480 g/mol. The SMILES string of the molecule is Cc1cc(CN2CCC(N3C(=O)CC[C@@H]3C(=O)Nc3cc(C(=O)O)cc(C(C)C)n3)CC2)ccc1Cl. The van der Waals surface area contributed by atoms with Gasteiger partial charge >= 0.3 is 5.97 Å². The highest BCUT2D eigenvalue weighted by Gasteiger charge is 2.41. The van der Waals surface area contributed by atoms with Gasteiger partial charge in [-0.2, -0.15) is 0 Å². The number of hydrogen-bond donors (Lipinski definition) is 2. The molecule has 0 unspecified atom stereocenters. The molecule has 0 bridgehead atoms. The van der Waals surface area contributed by atoms with Gasteiger partial charge in [-0.1, -0.05) is 37.6 Å². The first-order valence-electron chi connectivity index (χ1n) is 12.5. The summed E-state index contributed by atoms with van der Waals surface area (Å²) in [5.74, 6) is -1.18. The largest absolute Gasteiger partial charge is 0.478 e. The summed E-state index contributed by atoms with van der Waals surface area (Å²) in [6.07, 6.45) is 2.38. The van der Waals surface area contributed by atoms with Crippen LogP contribution < -0.4 is 5.32 Å². The summed E-state index contributed by atoms with van der Waals surface area (Å²) in [6.45, 7) is 8.33. The van der Waals surface area contributed by atoms with E-state index in [1.54, 1.807) is 4.90 Å². The molecule has 0 radical (unpaired) electrons. The Balaban J connectivity index is 1.41. The molecule has 0 aliphatic carbocycles. The van der Waals surface area contributed by atoms with E-state index in [-0.39, 0.29) is 35.2 Å². The zero-order chi connectivity index (χ0) is 26.0. The molecule has 2 fully saturated rings. The van der Waals surface area contributed by atoms with Crippen molar-refractivity contribution in [3.05, 3.63) is 57.7 Å². The number of carboxylic acids is 1. The molecule has 2 N–H and O–H groups in total. The van der Waals surface area contributed by atoms with Gasteiger partial charge in [0.05, 0.1) is 5.56 Å². The number of amides is 2. The first-order valence-corrected chi connectivity index (χ1v) is 12.8. The predicted octanol–water partition coefficient (Wildman–Crippen LogP) is 4.46. The van der Waals surface area contributed by atoms with Crippen LogP contribution in [0.2, 0.25) is 5.02 Å². The highest BCUT2D eigenvalue weighted by molar-refractivity contribution is 6.31. The number of halogens is 1. The second kappa shape index (κ2) is 11.0. The summed E-state index contributed by atoms with van der Waals surface area (Å²) in [6, 6.07) is 8.39. The van der Waals surface area contributed by atoms with E-state index in [0.717, 1.165) is 43.1 Å². The summed E-state index contributed by atoms with van der Waals surface area (Å²) in [4.78, 5) is 46.1. The van der Waals surface area contributed by atoms with Crippen LogP contribution in [-0.4, -0.2) is 62.8 Å². The second-order valence-corrected chi connectivity index (χ2v) is 10.5. The van der Waals surface area contributed by atoms with Gasteiger partial charge in [-0.15, -0.1) is 0 Å². The lowest BCUT2D eigenvalue weighted by Crippen LogP contribution is -2.51. The minimum absolute atomic E-state index is 0.00274. The standard InChI is InChI=1S/C27H33ClN4O4/c1-16(2)22-13-19(27(35)36)14-24(29-22)30-26(34)23-6-7-25(33)32(23)20-8-10-31(11-9-20)15-18-4-5-21(28)17(3)12-18/h4-5,12-14,16,20,23H,6-11,15H2,1-3H3,(H,35,36)(H,29,30,34)/t23-/m1/s1. The molecule has 1 atom stereocenters. The molecule has 0 saturated carbocycles. The minimum atomic E-state index is -1.08. The Hall–Kier alpha value is -2.97. The Morgan fingerprint density at radius 3 is 2.53 bits per heavy atom. The van der Waals surface area contributed by atoms with Crippen LogP contribution in [0, 0.1) is 6.92 Å². The maximum absolute atomic E-state index is 13.2. The molecule has 192 valence electrons. The third-order valence-electron chi connectivity index (χ3n) is 7.07. The monoisotopic (exact) mass is 512 g/mol. The number of rotatable bonds is 7.